The van der Waals surface area contributed by atoms with Crippen LogP contribution in [0, 0.1) is 5.92 Å². The van der Waals surface area contributed by atoms with Crippen LogP contribution in [0.5, 0.6) is 0 Å². The molecule has 0 spiro atoms. The van der Waals surface area contributed by atoms with Gasteiger partial charge in [0, 0.05) is 29.8 Å². The van der Waals surface area contributed by atoms with Crippen molar-refractivity contribution in [2.45, 2.75) is 40.3 Å². The summed E-state index contributed by atoms with van der Waals surface area (Å²) in [6.07, 6.45) is 0. The lowest BCUT2D eigenvalue weighted by atomic mass is 10.1. The van der Waals surface area contributed by atoms with Crippen molar-refractivity contribution in [3.05, 3.63) is 28.8 Å². The molecule has 0 aliphatic carbocycles. The van der Waals surface area contributed by atoms with E-state index in [1.165, 1.54) is 11.3 Å². The molecule has 0 amide bonds. The van der Waals surface area contributed by atoms with Gasteiger partial charge in [0.05, 0.1) is 0 Å². The second kappa shape index (κ2) is 7.01. The molecule has 0 bridgehead atoms. The Bertz CT molecular complexity index is 375. The van der Waals surface area contributed by atoms with Crippen LogP contribution in [-0.2, 0) is 6.54 Å². The Kier molecular flexibility index (Phi) is 5.97. The van der Waals surface area contributed by atoms with Crippen LogP contribution in [0.3, 0.4) is 0 Å². The summed E-state index contributed by atoms with van der Waals surface area (Å²) in [5.41, 5.74) is 2.55. The van der Waals surface area contributed by atoms with Crippen molar-refractivity contribution in [1.82, 2.24) is 5.32 Å². The third-order valence-electron chi connectivity index (χ3n) is 2.90. The van der Waals surface area contributed by atoms with Crippen molar-refractivity contribution in [3.63, 3.8) is 0 Å². The molecule has 1 N–H and O–H groups in total. The molecule has 0 heterocycles. The zero-order valence-electron chi connectivity index (χ0n) is 12.1. The Morgan fingerprint density at radius 3 is 2.39 bits per heavy atom. The number of hydrogen-bond acceptors (Lipinski definition) is 2. The Morgan fingerprint density at radius 1 is 1.22 bits per heavy atom. The van der Waals surface area contributed by atoms with Gasteiger partial charge in [-0.2, -0.15) is 0 Å². The van der Waals surface area contributed by atoms with Gasteiger partial charge in [0.2, 0.25) is 0 Å². The van der Waals surface area contributed by atoms with Crippen molar-refractivity contribution < 1.29 is 0 Å². The first-order valence-corrected chi connectivity index (χ1v) is 7.03. The summed E-state index contributed by atoms with van der Waals surface area (Å²) < 4.78 is 0. The molecule has 1 aromatic carbocycles. The SMILES string of the molecule is CNCc1cc(Cl)ccc1N(CC(C)C)C(C)C. The number of nitrogens with zero attached hydrogens (tertiary/aromatic N) is 1. The van der Waals surface area contributed by atoms with Crippen molar-refractivity contribution in [2.75, 3.05) is 18.5 Å². The van der Waals surface area contributed by atoms with Gasteiger partial charge >= 0.3 is 0 Å². The van der Waals surface area contributed by atoms with Crippen LogP contribution in [0.4, 0.5) is 5.69 Å². The molecule has 0 fully saturated rings. The van der Waals surface area contributed by atoms with Gasteiger partial charge in [-0.3, -0.25) is 0 Å². The van der Waals surface area contributed by atoms with E-state index in [2.05, 4.69) is 50.0 Å². The van der Waals surface area contributed by atoms with E-state index in [1.807, 2.05) is 13.1 Å². The number of hydrogen-bond donors (Lipinski definition) is 1. The van der Waals surface area contributed by atoms with Crippen molar-refractivity contribution in [2.24, 2.45) is 5.92 Å². The first kappa shape index (κ1) is 15.3. The summed E-state index contributed by atoms with van der Waals surface area (Å²) in [6, 6.07) is 6.66. The second-order valence-electron chi connectivity index (χ2n) is 5.44. The third-order valence-corrected chi connectivity index (χ3v) is 3.14. The topological polar surface area (TPSA) is 15.3 Å². The van der Waals surface area contributed by atoms with Gasteiger partial charge in [-0.1, -0.05) is 25.4 Å². The minimum absolute atomic E-state index is 0.490. The predicted molar refractivity (Wildman–Crippen MR) is 81.5 cm³/mol. The molecular weight excluding hydrogens is 244 g/mol. The molecule has 0 aliphatic heterocycles. The van der Waals surface area contributed by atoms with Crippen LogP contribution in [0.1, 0.15) is 33.3 Å². The lowest BCUT2D eigenvalue weighted by molar-refractivity contribution is 0.568. The molecule has 3 heteroatoms. The van der Waals surface area contributed by atoms with E-state index in [-0.39, 0.29) is 0 Å². The van der Waals surface area contributed by atoms with Gasteiger partial charge in [-0.25, -0.2) is 0 Å². The van der Waals surface area contributed by atoms with Gasteiger partial charge in [0.15, 0.2) is 0 Å². The molecule has 0 atom stereocenters. The molecule has 0 aromatic heterocycles. The fraction of sp³-hybridized carbons (Fsp3) is 0.600. The van der Waals surface area contributed by atoms with E-state index in [9.17, 15) is 0 Å². The molecule has 0 radical (unpaired) electrons. The Labute approximate surface area is 116 Å². The second-order valence-corrected chi connectivity index (χ2v) is 5.88. The Hall–Kier alpha value is -0.730. The van der Waals surface area contributed by atoms with E-state index in [4.69, 9.17) is 11.6 Å². The maximum Gasteiger partial charge on any atom is 0.0415 e. The molecule has 0 saturated heterocycles. The Morgan fingerprint density at radius 2 is 1.89 bits per heavy atom. The lowest BCUT2D eigenvalue weighted by Crippen LogP contribution is -2.35. The average Bonchev–Trinajstić information content (AvgIpc) is 2.26. The van der Waals surface area contributed by atoms with Gasteiger partial charge < -0.3 is 10.2 Å². The van der Waals surface area contributed by atoms with E-state index in [0.29, 0.717) is 12.0 Å². The number of anilines is 1. The molecule has 1 rings (SSSR count). The fourth-order valence-electron chi connectivity index (χ4n) is 2.15. The highest BCUT2D eigenvalue weighted by Crippen LogP contribution is 2.26. The summed E-state index contributed by atoms with van der Waals surface area (Å²) in [4.78, 5) is 2.45. The highest BCUT2D eigenvalue weighted by Gasteiger charge is 2.15. The summed E-state index contributed by atoms with van der Waals surface area (Å²) in [5, 5.41) is 4.02. The highest BCUT2D eigenvalue weighted by atomic mass is 35.5. The summed E-state index contributed by atoms with van der Waals surface area (Å²) in [7, 11) is 1.97. The largest absolute Gasteiger partial charge is 0.369 e. The third kappa shape index (κ3) is 4.18. The van der Waals surface area contributed by atoms with Crippen LogP contribution in [0.2, 0.25) is 5.02 Å². The highest BCUT2D eigenvalue weighted by molar-refractivity contribution is 6.30. The van der Waals surface area contributed by atoms with Crippen LogP contribution in [-0.4, -0.2) is 19.6 Å². The van der Waals surface area contributed by atoms with Gasteiger partial charge in [-0.05, 0) is 50.6 Å². The summed E-state index contributed by atoms with van der Waals surface area (Å²) >= 11 is 6.10. The van der Waals surface area contributed by atoms with E-state index >= 15 is 0 Å². The summed E-state index contributed by atoms with van der Waals surface area (Å²) in [6.45, 7) is 10.9. The smallest absolute Gasteiger partial charge is 0.0415 e. The van der Waals surface area contributed by atoms with Gasteiger partial charge in [0.25, 0.3) is 0 Å². The first-order valence-electron chi connectivity index (χ1n) is 6.65. The van der Waals surface area contributed by atoms with Crippen LogP contribution in [0.25, 0.3) is 0 Å². The van der Waals surface area contributed by atoms with Crippen LogP contribution in [0.15, 0.2) is 18.2 Å². The van der Waals surface area contributed by atoms with Gasteiger partial charge in [-0.15, -0.1) is 0 Å². The number of benzene rings is 1. The van der Waals surface area contributed by atoms with Crippen LogP contribution < -0.4 is 10.2 Å². The lowest BCUT2D eigenvalue weighted by Gasteiger charge is -2.32. The molecular formula is C15H25ClN2. The maximum absolute atomic E-state index is 6.10. The fourth-order valence-corrected chi connectivity index (χ4v) is 2.34. The van der Waals surface area contributed by atoms with Crippen molar-refractivity contribution in [3.8, 4) is 0 Å². The summed E-state index contributed by atoms with van der Waals surface area (Å²) in [5.74, 6) is 0.644. The standard InChI is InChI=1S/C15H25ClN2/c1-11(2)10-18(12(3)4)15-7-6-14(16)8-13(15)9-17-5/h6-8,11-12,17H,9-10H2,1-5H3. The molecule has 0 aliphatic rings. The average molecular weight is 269 g/mol. The monoisotopic (exact) mass is 268 g/mol. The van der Waals surface area contributed by atoms with E-state index in [1.54, 1.807) is 0 Å². The number of halogens is 1. The van der Waals surface area contributed by atoms with Crippen molar-refractivity contribution >= 4 is 17.3 Å². The maximum atomic E-state index is 6.10. The van der Waals surface area contributed by atoms with E-state index in [0.717, 1.165) is 18.1 Å². The minimum Gasteiger partial charge on any atom is -0.369 e. The van der Waals surface area contributed by atoms with Crippen molar-refractivity contribution in [1.29, 1.82) is 0 Å². The molecule has 18 heavy (non-hydrogen) atoms. The Balaban J connectivity index is 3.09. The molecule has 2 nitrogen and oxygen atoms in total. The van der Waals surface area contributed by atoms with Gasteiger partial charge in [0.1, 0.15) is 0 Å². The molecule has 0 unspecified atom stereocenters. The van der Waals surface area contributed by atoms with Crippen LogP contribution >= 0.6 is 11.6 Å². The molecule has 1 aromatic rings. The zero-order valence-corrected chi connectivity index (χ0v) is 12.9. The normalized spacial score (nSPS) is 11.3. The molecule has 0 saturated carbocycles. The molecule has 102 valence electrons. The first-order chi connectivity index (χ1) is 8.45. The quantitative estimate of drug-likeness (QED) is 0.841. The minimum atomic E-state index is 0.490. The van der Waals surface area contributed by atoms with E-state index < -0.39 is 0 Å². The number of nitrogens with one attached hydrogen (secondary N) is 1. The predicted octanol–water partition coefficient (Wildman–Crippen LogP) is 3.93. The zero-order chi connectivity index (χ0) is 13.7. The number of rotatable bonds is 6.